The maximum Gasteiger partial charge on any atom is 0.118 e. The summed E-state index contributed by atoms with van der Waals surface area (Å²) in [6, 6.07) is 20.2. The molecule has 2 rings (SSSR count). The van der Waals surface area contributed by atoms with Gasteiger partial charge in [0.25, 0.3) is 0 Å². The Kier molecular flexibility index (Phi) is 7.68. The Hall–Kier alpha value is -2.35. The van der Waals surface area contributed by atoms with Crippen molar-refractivity contribution in [2.75, 3.05) is 0 Å². The van der Waals surface area contributed by atoms with E-state index < -0.39 is 0 Å². The lowest BCUT2D eigenvalue weighted by atomic mass is 10.0. The maximum atomic E-state index is 5.42. The van der Waals surface area contributed by atoms with Gasteiger partial charge in [0.05, 0.1) is 0 Å². The summed E-state index contributed by atoms with van der Waals surface area (Å²) in [7, 11) is 0. The highest BCUT2D eigenvalue weighted by molar-refractivity contribution is 6.12. The largest absolute Gasteiger partial charge is 0.365 e. The molecule has 0 spiro atoms. The van der Waals surface area contributed by atoms with E-state index in [1.54, 1.807) is 6.26 Å². The molecule has 120 valence electrons. The maximum absolute atomic E-state index is 5.42. The van der Waals surface area contributed by atoms with Gasteiger partial charge in [-0.2, -0.15) is 0 Å². The fourth-order valence-corrected chi connectivity index (χ4v) is 2.35. The summed E-state index contributed by atoms with van der Waals surface area (Å²) in [5.74, 6) is 0. The Morgan fingerprint density at radius 3 is 2.04 bits per heavy atom. The van der Waals surface area contributed by atoms with Crippen LogP contribution in [0.15, 0.2) is 78.2 Å². The molecule has 0 atom stereocenters. The number of allylic oxidation sites excluding steroid dienone is 1. The van der Waals surface area contributed by atoms with E-state index in [1.807, 2.05) is 66.7 Å². The van der Waals surface area contributed by atoms with Crippen LogP contribution in [0.4, 0.5) is 0 Å². The highest BCUT2D eigenvalue weighted by Crippen LogP contribution is 2.11. The number of benzene rings is 2. The topological polar surface area (TPSA) is 21.6 Å². The van der Waals surface area contributed by atoms with E-state index in [0.29, 0.717) is 0 Å². The average molecular weight is 307 g/mol. The SMILES string of the molecule is CCCCCC/C=C/ON=C(c1ccccc1)c1ccccc1. The van der Waals surface area contributed by atoms with Crippen LogP contribution < -0.4 is 0 Å². The van der Waals surface area contributed by atoms with E-state index in [2.05, 4.69) is 12.1 Å². The number of oxime groups is 1. The van der Waals surface area contributed by atoms with Crippen LogP contribution in [0.25, 0.3) is 0 Å². The van der Waals surface area contributed by atoms with Crippen LogP contribution in [-0.4, -0.2) is 5.71 Å². The first-order valence-electron chi connectivity index (χ1n) is 8.41. The molecule has 23 heavy (non-hydrogen) atoms. The molecule has 0 fully saturated rings. The first-order valence-corrected chi connectivity index (χ1v) is 8.41. The first-order chi connectivity index (χ1) is 11.4. The van der Waals surface area contributed by atoms with E-state index in [0.717, 1.165) is 23.3 Å². The molecule has 0 aromatic heterocycles. The lowest BCUT2D eigenvalue weighted by Gasteiger charge is -2.05. The van der Waals surface area contributed by atoms with Crippen molar-refractivity contribution in [2.45, 2.75) is 39.0 Å². The van der Waals surface area contributed by atoms with Gasteiger partial charge >= 0.3 is 0 Å². The fourth-order valence-electron chi connectivity index (χ4n) is 2.35. The zero-order valence-corrected chi connectivity index (χ0v) is 13.8. The second-order valence-corrected chi connectivity index (χ2v) is 5.50. The van der Waals surface area contributed by atoms with Crippen molar-refractivity contribution in [1.82, 2.24) is 0 Å². The third kappa shape index (κ3) is 6.11. The van der Waals surface area contributed by atoms with Crippen molar-refractivity contribution in [3.63, 3.8) is 0 Å². The van der Waals surface area contributed by atoms with Gasteiger partial charge in [-0.1, -0.05) is 92.0 Å². The second-order valence-electron chi connectivity index (χ2n) is 5.50. The average Bonchev–Trinajstić information content (AvgIpc) is 2.62. The molecule has 0 saturated carbocycles. The number of hydrogen-bond acceptors (Lipinski definition) is 2. The summed E-state index contributed by atoms with van der Waals surface area (Å²) < 4.78 is 0. The Morgan fingerprint density at radius 1 is 0.870 bits per heavy atom. The molecule has 2 heteroatoms. The zero-order valence-electron chi connectivity index (χ0n) is 13.8. The molecule has 0 aliphatic carbocycles. The van der Waals surface area contributed by atoms with Gasteiger partial charge in [-0.25, -0.2) is 0 Å². The third-order valence-electron chi connectivity index (χ3n) is 3.62. The van der Waals surface area contributed by atoms with E-state index >= 15 is 0 Å². The molecule has 2 aromatic carbocycles. The minimum atomic E-state index is 0.849. The van der Waals surface area contributed by atoms with Gasteiger partial charge in [-0.15, -0.1) is 0 Å². The molecule has 0 heterocycles. The van der Waals surface area contributed by atoms with Crippen LogP contribution in [0.1, 0.15) is 50.2 Å². The van der Waals surface area contributed by atoms with Gasteiger partial charge < -0.3 is 4.84 Å². The molecule has 2 nitrogen and oxygen atoms in total. The van der Waals surface area contributed by atoms with Crippen molar-refractivity contribution in [1.29, 1.82) is 0 Å². The molecule has 0 bridgehead atoms. The van der Waals surface area contributed by atoms with Crippen LogP contribution >= 0.6 is 0 Å². The predicted molar refractivity (Wildman–Crippen MR) is 97.5 cm³/mol. The van der Waals surface area contributed by atoms with E-state index in [4.69, 9.17) is 4.84 Å². The predicted octanol–water partition coefficient (Wildman–Crippen LogP) is 5.94. The van der Waals surface area contributed by atoms with Crippen LogP contribution in [0, 0.1) is 0 Å². The number of nitrogens with zero attached hydrogens (tertiary/aromatic N) is 1. The summed E-state index contributed by atoms with van der Waals surface area (Å²) in [5, 5.41) is 4.33. The number of rotatable bonds is 9. The quantitative estimate of drug-likeness (QED) is 0.243. The zero-order chi connectivity index (χ0) is 16.2. The molecule has 0 radical (unpaired) electrons. The summed E-state index contributed by atoms with van der Waals surface area (Å²) >= 11 is 0. The molecule has 0 N–H and O–H groups in total. The molecule has 0 aliphatic rings. The van der Waals surface area contributed by atoms with Crippen molar-refractivity contribution >= 4 is 5.71 Å². The van der Waals surface area contributed by atoms with Gasteiger partial charge in [-0.05, 0) is 18.9 Å². The summed E-state index contributed by atoms with van der Waals surface area (Å²) in [6.07, 6.45) is 9.85. The van der Waals surface area contributed by atoms with Crippen LogP contribution in [0.2, 0.25) is 0 Å². The molecule has 0 aliphatic heterocycles. The van der Waals surface area contributed by atoms with Gasteiger partial charge in [0.1, 0.15) is 12.0 Å². The summed E-state index contributed by atoms with van der Waals surface area (Å²) in [4.78, 5) is 5.42. The molecule has 0 unspecified atom stereocenters. The lowest BCUT2D eigenvalue weighted by molar-refractivity contribution is 0.267. The lowest BCUT2D eigenvalue weighted by Crippen LogP contribution is -2.03. The Labute approximate surface area is 139 Å². The Balaban J connectivity index is 1.99. The van der Waals surface area contributed by atoms with Gasteiger partial charge in [0.15, 0.2) is 0 Å². The fraction of sp³-hybridized carbons (Fsp3) is 0.286. The van der Waals surface area contributed by atoms with Crippen LogP contribution in [0.3, 0.4) is 0 Å². The molecular weight excluding hydrogens is 282 g/mol. The summed E-state index contributed by atoms with van der Waals surface area (Å²) in [5.41, 5.74) is 2.95. The van der Waals surface area contributed by atoms with E-state index in [1.165, 1.54) is 25.7 Å². The standard InChI is InChI=1S/C21H25NO/c1-2-3-4-5-6-13-18-23-22-21(19-14-9-7-10-15-19)20-16-11-8-12-17-20/h7-18H,2-6H2,1H3/b18-13+. The molecule has 0 saturated heterocycles. The molecule has 0 amide bonds. The monoisotopic (exact) mass is 307 g/mol. The number of hydrogen-bond donors (Lipinski definition) is 0. The van der Waals surface area contributed by atoms with Gasteiger partial charge in [-0.3, -0.25) is 0 Å². The van der Waals surface area contributed by atoms with Crippen molar-refractivity contribution < 1.29 is 4.84 Å². The van der Waals surface area contributed by atoms with Gasteiger partial charge in [0, 0.05) is 11.1 Å². The second kappa shape index (κ2) is 10.4. The first kappa shape index (κ1) is 17.0. The minimum Gasteiger partial charge on any atom is -0.365 e. The highest BCUT2D eigenvalue weighted by atomic mass is 16.6. The molecular formula is C21H25NO. The van der Waals surface area contributed by atoms with E-state index in [9.17, 15) is 0 Å². The van der Waals surface area contributed by atoms with Gasteiger partial charge in [0.2, 0.25) is 0 Å². The highest BCUT2D eigenvalue weighted by Gasteiger charge is 2.06. The van der Waals surface area contributed by atoms with Crippen molar-refractivity contribution in [2.24, 2.45) is 5.16 Å². The third-order valence-corrected chi connectivity index (χ3v) is 3.62. The summed E-state index contributed by atoms with van der Waals surface area (Å²) in [6.45, 7) is 2.22. The van der Waals surface area contributed by atoms with Crippen LogP contribution in [-0.2, 0) is 4.84 Å². The Morgan fingerprint density at radius 2 is 1.48 bits per heavy atom. The van der Waals surface area contributed by atoms with Crippen molar-refractivity contribution in [3.8, 4) is 0 Å². The Bertz CT molecular complexity index is 561. The minimum absolute atomic E-state index is 0.849. The van der Waals surface area contributed by atoms with Crippen molar-refractivity contribution in [3.05, 3.63) is 84.1 Å². The van der Waals surface area contributed by atoms with E-state index in [-0.39, 0.29) is 0 Å². The normalized spacial score (nSPS) is 10.7. The smallest absolute Gasteiger partial charge is 0.118 e. The number of unbranched alkanes of at least 4 members (excludes halogenated alkanes) is 4. The molecule has 2 aromatic rings. The van der Waals surface area contributed by atoms with Crippen LogP contribution in [0.5, 0.6) is 0 Å².